The third kappa shape index (κ3) is 3.97. The Morgan fingerprint density at radius 1 is 1.36 bits per heavy atom. The monoisotopic (exact) mass is 220 g/mol. The molecule has 1 heterocycles. The van der Waals surface area contributed by atoms with Crippen molar-refractivity contribution in [1.82, 2.24) is 9.80 Å². The van der Waals surface area contributed by atoms with Crippen molar-refractivity contribution in [2.75, 3.05) is 25.5 Å². The molecule has 82 valence electrons. The molecule has 0 saturated heterocycles. The summed E-state index contributed by atoms with van der Waals surface area (Å²) in [5.41, 5.74) is 0. The zero-order chi connectivity index (χ0) is 10.6. The van der Waals surface area contributed by atoms with Crippen LogP contribution in [0, 0.1) is 0 Å². The average molecular weight is 220 g/mol. The lowest BCUT2D eigenvalue weighted by atomic mass is 10.4. The summed E-state index contributed by atoms with van der Waals surface area (Å²) in [5.74, 6) is -0.163. The van der Waals surface area contributed by atoms with E-state index >= 15 is 0 Å². The highest BCUT2D eigenvalue weighted by atomic mass is 32.2. The molecule has 1 N–H and O–H groups in total. The van der Waals surface area contributed by atoms with Crippen LogP contribution in [0.2, 0.25) is 0 Å². The SMILES string of the molecule is CCN1C=CN(CCCS(=O)(=O)O)C1. The molecule has 0 bridgehead atoms. The Labute approximate surface area is 84.7 Å². The van der Waals surface area contributed by atoms with Gasteiger partial charge in [-0.1, -0.05) is 0 Å². The quantitative estimate of drug-likeness (QED) is 0.677. The minimum Gasteiger partial charge on any atom is -0.359 e. The highest BCUT2D eigenvalue weighted by Crippen LogP contribution is 2.06. The molecule has 14 heavy (non-hydrogen) atoms. The maximum absolute atomic E-state index is 10.4. The van der Waals surface area contributed by atoms with Gasteiger partial charge in [-0.25, -0.2) is 0 Å². The molecule has 0 atom stereocenters. The Kier molecular flexibility index (Phi) is 3.77. The lowest BCUT2D eigenvalue weighted by molar-refractivity contribution is 0.273. The molecular formula is C8H16N2O3S. The van der Waals surface area contributed by atoms with Crippen molar-refractivity contribution in [3.8, 4) is 0 Å². The van der Waals surface area contributed by atoms with E-state index in [9.17, 15) is 8.42 Å². The van der Waals surface area contributed by atoms with Crippen molar-refractivity contribution < 1.29 is 13.0 Å². The normalized spacial score (nSPS) is 16.7. The van der Waals surface area contributed by atoms with Crippen LogP contribution >= 0.6 is 0 Å². The fourth-order valence-electron chi connectivity index (χ4n) is 1.32. The van der Waals surface area contributed by atoms with Gasteiger partial charge in [-0.3, -0.25) is 4.55 Å². The van der Waals surface area contributed by atoms with E-state index in [4.69, 9.17) is 4.55 Å². The lowest BCUT2D eigenvalue weighted by Crippen LogP contribution is -2.26. The summed E-state index contributed by atoms with van der Waals surface area (Å²) in [6.07, 6.45) is 4.38. The molecule has 5 nitrogen and oxygen atoms in total. The summed E-state index contributed by atoms with van der Waals surface area (Å²) >= 11 is 0. The topological polar surface area (TPSA) is 60.9 Å². The molecule has 1 aliphatic rings. The van der Waals surface area contributed by atoms with Crippen molar-refractivity contribution in [2.24, 2.45) is 0 Å². The van der Waals surface area contributed by atoms with Gasteiger partial charge in [0.05, 0.1) is 12.4 Å². The van der Waals surface area contributed by atoms with Crippen molar-refractivity contribution in [3.05, 3.63) is 12.4 Å². The molecular weight excluding hydrogens is 204 g/mol. The smallest absolute Gasteiger partial charge is 0.264 e. The first kappa shape index (κ1) is 11.3. The summed E-state index contributed by atoms with van der Waals surface area (Å²) in [5, 5.41) is 0. The molecule has 0 fully saturated rings. The summed E-state index contributed by atoms with van der Waals surface area (Å²) in [4.78, 5) is 4.14. The number of nitrogens with zero attached hydrogens (tertiary/aromatic N) is 2. The van der Waals surface area contributed by atoms with E-state index in [2.05, 4.69) is 11.8 Å². The third-order valence-corrected chi connectivity index (χ3v) is 2.91. The minimum absolute atomic E-state index is 0.163. The van der Waals surface area contributed by atoms with E-state index in [1.165, 1.54) is 0 Å². The highest BCUT2D eigenvalue weighted by Gasteiger charge is 2.11. The van der Waals surface area contributed by atoms with E-state index in [0.717, 1.165) is 13.2 Å². The van der Waals surface area contributed by atoms with Gasteiger partial charge in [-0.05, 0) is 13.3 Å². The van der Waals surface area contributed by atoms with Crippen LogP contribution in [0.4, 0.5) is 0 Å². The molecule has 0 amide bonds. The van der Waals surface area contributed by atoms with Crippen molar-refractivity contribution in [3.63, 3.8) is 0 Å². The average Bonchev–Trinajstić information content (AvgIpc) is 2.50. The summed E-state index contributed by atoms with van der Waals surface area (Å²) in [6.45, 7) is 4.48. The van der Waals surface area contributed by atoms with E-state index in [-0.39, 0.29) is 5.75 Å². The number of hydrogen-bond donors (Lipinski definition) is 1. The Morgan fingerprint density at radius 2 is 2.00 bits per heavy atom. The Hall–Kier alpha value is -0.750. The van der Waals surface area contributed by atoms with Crippen molar-refractivity contribution in [1.29, 1.82) is 0 Å². The maximum atomic E-state index is 10.4. The first-order chi connectivity index (χ1) is 6.51. The molecule has 0 saturated carbocycles. The van der Waals surface area contributed by atoms with Crippen LogP contribution in [0.3, 0.4) is 0 Å². The van der Waals surface area contributed by atoms with Crippen molar-refractivity contribution in [2.45, 2.75) is 13.3 Å². The van der Waals surface area contributed by atoms with Crippen LogP contribution < -0.4 is 0 Å². The fraction of sp³-hybridized carbons (Fsp3) is 0.750. The molecule has 0 spiro atoms. The Bertz CT molecular complexity index is 300. The summed E-state index contributed by atoms with van der Waals surface area (Å²) in [7, 11) is -3.80. The standard InChI is InChI=1S/C8H16N2O3S/c1-2-9-5-6-10(8-9)4-3-7-14(11,12)13/h5-6H,2-4,7-8H2,1H3,(H,11,12,13). The van der Waals surface area contributed by atoms with Crippen molar-refractivity contribution >= 4 is 10.1 Å². The third-order valence-electron chi connectivity index (χ3n) is 2.11. The van der Waals surface area contributed by atoms with Gasteiger partial charge >= 0.3 is 0 Å². The molecule has 6 heteroatoms. The zero-order valence-electron chi connectivity index (χ0n) is 8.26. The second kappa shape index (κ2) is 4.65. The van der Waals surface area contributed by atoms with E-state index in [1.807, 2.05) is 17.3 Å². The predicted molar refractivity (Wildman–Crippen MR) is 54.1 cm³/mol. The van der Waals surface area contributed by atoms with Crippen LogP contribution in [0.25, 0.3) is 0 Å². The van der Waals surface area contributed by atoms with Gasteiger partial charge in [0.15, 0.2) is 0 Å². The molecule has 0 radical (unpaired) electrons. The first-order valence-corrected chi connectivity index (χ1v) is 6.24. The maximum Gasteiger partial charge on any atom is 0.264 e. The lowest BCUT2D eigenvalue weighted by Gasteiger charge is -2.19. The summed E-state index contributed by atoms with van der Waals surface area (Å²) < 4.78 is 29.4. The molecule has 1 aliphatic heterocycles. The predicted octanol–water partition coefficient (Wildman–Crippen LogP) is 0.330. The number of rotatable bonds is 5. The van der Waals surface area contributed by atoms with E-state index in [0.29, 0.717) is 13.0 Å². The van der Waals surface area contributed by atoms with E-state index in [1.54, 1.807) is 0 Å². The van der Waals surface area contributed by atoms with Gasteiger partial charge in [0.1, 0.15) is 0 Å². The largest absolute Gasteiger partial charge is 0.359 e. The summed E-state index contributed by atoms with van der Waals surface area (Å²) in [6, 6.07) is 0. The van der Waals surface area contributed by atoms with Gasteiger partial charge in [-0.15, -0.1) is 0 Å². The Morgan fingerprint density at radius 3 is 2.50 bits per heavy atom. The van der Waals surface area contributed by atoms with Crippen LogP contribution in [0.15, 0.2) is 12.4 Å². The fourth-order valence-corrected chi connectivity index (χ4v) is 1.81. The van der Waals surface area contributed by atoms with Gasteiger partial charge in [0.2, 0.25) is 0 Å². The van der Waals surface area contributed by atoms with Gasteiger partial charge in [0, 0.05) is 25.5 Å². The second-order valence-corrected chi connectivity index (χ2v) is 4.87. The van der Waals surface area contributed by atoms with Gasteiger partial charge in [0.25, 0.3) is 10.1 Å². The van der Waals surface area contributed by atoms with Gasteiger partial charge in [-0.2, -0.15) is 8.42 Å². The zero-order valence-corrected chi connectivity index (χ0v) is 9.07. The highest BCUT2D eigenvalue weighted by molar-refractivity contribution is 7.85. The molecule has 0 unspecified atom stereocenters. The van der Waals surface area contributed by atoms with Gasteiger partial charge < -0.3 is 9.80 Å². The molecule has 1 rings (SSSR count). The molecule has 0 aliphatic carbocycles. The van der Waals surface area contributed by atoms with Crippen LogP contribution in [0.5, 0.6) is 0 Å². The molecule has 0 aromatic carbocycles. The number of hydrogen-bond acceptors (Lipinski definition) is 4. The Balaban J connectivity index is 2.19. The first-order valence-electron chi connectivity index (χ1n) is 4.63. The van der Waals surface area contributed by atoms with E-state index < -0.39 is 10.1 Å². The van der Waals surface area contributed by atoms with Crippen LogP contribution in [0.1, 0.15) is 13.3 Å². The second-order valence-electron chi connectivity index (χ2n) is 3.30. The minimum atomic E-state index is -3.80. The molecule has 0 aromatic heterocycles. The van der Waals surface area contributed by atoms with Crippen LogP contribution in [-0.2, 0) is 10.1 Å². The van der Waals surface area contributed by atoms with Crippen LogP contribution in [-0.4, -0.2) is 48.3 Å². The molecule has 0 aromatic rings.